The molecule has 0 fully saturated rings. The van der Waals surface area contributed by atoms with Gasteiger partial charge in [0.1, 0.15) is 0 Å². The largest absolute Gasteiger partial charge is 0.460 e. The van der Waals surface area contributed by atoms with Crippen molar-refractivity contribution < 1.29 is 57.1 Å². The molecule has 28 heavy (non-hydrogen) atoms. The molecule has 0 aliphatic rings. The maximum Gasteiger partial charge on any atom is 0.460 e. The van der Waals surface area contributed by atoms with E-state index in [2.05, 4.69) is 0 Å². The second-order valence-electron chi connectivity index (χ2n) is 6.18. The maximum atomic E-state index is 13.4. The van der Waals surface area contributed by atoms with Gasteiger partial charge in [-0.3, -0.25) is 0 Å². The molecule has 0 rings (SSSR count). The Morgan fingerprint density at radius 2 is 0.893 bits per heavy atom. The molecule has 0 aromatic carbocycles. The lowest BCUT2D eigenvalue weighted by Crippen LogP contribution is -2.70. The van der Waals surface area contributed by atoms with Crippen LogP contribution in [-0.4, -0.2) is 35.8 Å². The molecule has 0 nitrogen and oxygen atoms in total. The van der Waals surface area contributed by atoms with Crippen molar-refractivity contribution in [3.63, 3.8) is 0 Å². The van der Waals surface area contributed by atoms with E-state index in [1.807, 2.05) is 6.92 Å². The van der Waals surface area contributed by atoms with E-state index in [1.165, 1.54) is 0 Å². The van der Waals surface area contributed by atoms with E-state index in [0.29, 0.717) is 12.8 Å². The van der Waals surface area contributed by atoms with Gasteiger partial charge in [-0.1, -0.05) is 45.4 Å². The summed E-state index contributed by atoms with van der Waals surface area (Å²) in [5.41, 5.74) is 0. The quantitative estimate of drug-likeness (QED) is 0.214. The number of alkyl halides is 13. The van der Waals surface area contributed by atoms with E-state index in [9.17, 15) is 57.1 Å². The highest BCUT2D eigenvalue weighted by Gasteiger charge is 2.90. The average Bonchev–Trinajstić information content (AvgIpc) is 2.52. The van der Waals surface area contributed by atoms with E-state index in [4.69, 9.17) is 0 Å². The molecule has 0 aromatic rings. The van der Waals surface area contributed by atoms with Gasteiger partial charge in [-0.2, -0.15) is 57.1 Å². The third-order valence-electron chi connectivity index (χ3n) is 3.92. The van der Waals surface area contributed by atoms with Gasteiger partial charge in [0.2, 0.25) is 0 Å². The maximum absolute atomic E-state index is 13.4. The highest BCUT2D eigenvalue weighted by Crippen LogP contribution is 2.60. The van der Waals surface area contributed by atoms with Crippen LogP contribution < -0.4 is 0 Å². The Kier molecular flexibility index (Phi) is 8.56. The Labute approximate surface area is 152 Å². The minimum Gasteiger partial charge on any atom is -0.199 e. The topological polar surface area (TPSA) is 0 Å². The molecule has 0 bridgehead atoms. The van der Waals surface area contributed by atoms with E-state index >= 15 is 0 Å². The molecule has 1 radical (unpaired) electrons. The van der Waals surface area contributed by atoms with E-state index < -0.39 is 48.6 Å². The van der Waals surface area contributed by atoms with Crippen LogP contribution in [0.1, 0.15) is 51.9 Å². The zero-order valence-corrected chi connectivity index (χ0v) is 14.4. The van der Waals surface area contributed by atoms with Crippen LogP contribution in [0.15, 0.2) is 0 Å². The van der Waals surface area contributed by atoms with Crippen LogP contribution >= 0.6 is 0 Å². The Balaban J connectivity index is 5.35. The first kappa shape index (κ1) is 27.1. The molecule has 0 atom stereocenters. The fourth-order valence-corrected chi connectivity index (χ4v) is 2.12. The highest BCUT2D eigenvalue weighted by atomic mass is 19.4. The molecule has 0 N–H and O–H groups in total. The van der Waals surface area contributed by atoms with Crippen molar-refractivity contribution in [2.24, 2.45) is 0 Å². The molecule has 0 aliphatic carbocycles. The summed E-state index contributed by atoms with van der Waals surface area (Å²) in [6.45, 7) is 1.86. The first-order valence-electron chi connectivity index (χ1n) is 8.11. The zero-order valence-electron chi connectivity index (χ0n) is 14.4. The highest BCUT2D eigenvalue weighted by molar-refractivity contribution is 5.12. The second-order valence-corrected chi connectivity index (χ2v) is 6.18. The lowest BCUT2D eigenvalue weighted by Gasteiger charge is -2.39. The lowest BCUT2D eigenvalue weighted by molar-refractivity contribution is -0.437. The number of halogens is 13. The molecule has 0 unspecified atom stereocenters. The smallest absolute Gasteiger partial charge is 0.199 e. The van der Waals surface area contributed by atoms with Crippen LogP contribution in [-0.2, 0) is 0 Å². The van der Waals surface area contributed by atoms with Gasteiger partial charge >= 0.3 is 35.8 Å². The van der Waals surface area contributed by atoms with Crippen molar-refractivity contribution >= 4 is 0 Å². The molecule has 0 saturated carbocycles. The predicted molar refractivity (Wildman–Crippen MR) is 73.1 cm³/mol. The number of hydrogen-bond donors (Lipinski definition) is 0. The van der Waals surface area contributed by atoms with Gasteiger partial charge < -0.3 is 0 Å². The van der Waals surface area contributed by atoms with Gasteiger partial charge in [0.15, 0.2) is 0 Å². The predicted octanol–water partition coefficient (Wildman–Crippen LogP) is 7.68. The molecule has 0 aliphatic heterocycles. The Hall–Kier alpha value is -0.910. The molecular weight excluding hydrogens is 427 g/mol. The standard InChI is InChI=1S/C15H18F13/c1-2-3-4-5-6-7-8-9-10(16,17)11(18,19)12(20,21)13(22,23)14(24,25)15(26,27)28/h9H,2-8H2,1H3. The van der Waals surface area contributed by atoms with Crippen LogP contribution in [0.4, 0.5) is 57.1 Å². The first-order valence-corrected chi connectivity index (χ1v) is 8.11. The van der Waals surface area contributed by atoms with Gasteiger partial charge in [0.05, 0.1) is 0 Å². The average molecular weight is 445 g/mol. The summed E-state index contributed by atoms with van der Waals surface area (Å²) in [6.07, 6.45) is -6.39. The van der Waals surface area contributed by atoms with Crippen molar-refractivity contribution in [2.75, 3.05) is 0 Å². The molecule has 0 saturated heterocycles. The van der Waals surface area contributed by atoms with Crippen LogP contribution in [0, 0.1) is 6.42 Å². The third-order valence-corrected chi connectivity index (χ3v) is 3.92. The van der Waals surface area contributed by atoms with Crippen LogP contribution in [0.3, 0.4) is 0 Å². The van der Waals surface area contributed by atoms with E-state index in [-0.39, 0.29) is 12.8 Å². The summed E-state index contributed by atoms with van der Waals surface area (Å²) in [5.74, 6) is -36.5. The minimum absolute atomic E-state index is 0.205. The summed E-state index contributed by atoms with van der Waals surface area (Å²) in [7, 11) is 0. The van der Waals surface area contributed by atoms with Crippen molar-refractivity contribution in [1.29, 1.82) is 0 Å². The van der Waals surface area contributed by atoms with Crippen molar-refractivity contribution in [2.45, 2.75) is 87.7 Å². The molecule has 0 amide bonds. The number of unbranched alkanes of at least 4 members (excludes halogenated alkanes) is 6. The van der Waals surface area contributed by atoms with Gasteiger partial charge in [-0.15, -0.1) is 0 Å². The summed E-state index contributed by atoms with van der Waals surface area (Å²) in [4.78, 5) is 0. The summed E-state index contributed by atoms with van der Waals surface area (Å²) < 4.78 is 167. The van der Waals surface area contributed by atoms with Gasteiger partial charge in [-0.05, 0) is 6.42 Å². The van der Waals surface area contributed by atoms with Gasteiger partial charge in [-0.25, -0.2) is 0 Å². The van der Waals surface area contributed by atoms with Crippen LogP contribution in [0.25, 0.3) is 0 Å². The molecule has 0 aromatic heterocycles. The van der Waals surface area contributed by atoms with E-state index in [0.717, 1.165) is 12.8 Å². The fourth-order valence-electron chi connectivity index (χ4n) is 2.12. The molecule has 169 valence electrons. The summed E-state index contributed by atoms with van der Waals surface area (Å²) in [6, 6.07) is 0. The van der Waals surface area contributed by atoms with Gasteiger partial charge in [0.25, 0.3) is 0 Å². The molecule has 0 heterocycles. The van der Waals surface area contributed by atoms with E-state index in [1.54, 1.807) is 0 Å². The van der Waals surface area contributed by atoms with Crippen LogP contribution in [0.5, 0.6) is 0 Å². The van der Waals surface area contributed by atoms with Crippen molar-refractivity contribution in [1.82, 2.24) is 0 Å². The Bertz CT molecular complexity index is 479. The summed E-state index contributed by atoms with van der Waals surface area (Å²) in [5, 5.41) is 0. The second kappa shape index (κ2) is 8.85. The lowest BCUT2D eigenvalue weighted by atomic mass is 9.91. The normalized spacial score (nSPS) is 15.2. The minimum atomic E-state index is -7.83. The van der Waals surface area contributed by atoms with Gasteiger partial charge in [0, 0.05) is 6.42 Å². The molecular formula is C15H18F13. The molecule has 0 spiro atoms. The first-order chi connectivity index (χ1) is 12.3. The number of rotatable bonds is 12. The fraction of sp³-hybridized carbons (Fsp3) is 0.933. The van der Waals surface area contributed by atoms with Crippen LogP contribution in [0.2, 0.25) is 0 Å². The third kappa shape index (κ3) is 4.98. The zero-order chi connectivity index (χ0) is 22.7. The number of hydrogen-bond acceptors (Lipinski definition) is 0. The monoisotopic (exact) mass is 445 g/mol. The SMILES string of the molecule is CCCCCCCC[CH]C(F)(F)C(F)(F)C(F)(F)C(F)(F)C(F)(F)C(F)(F)F. The Morgan fingerprint density at radius 3 is 1.32 bits per heavy atom. The van der Waals surface area contributed by atoms with Crippen molar-refractivity contribution in [3.8, 4) is 0 Å². The Morgan fingerprint density at radius 1 is 0.500 bits per heavy atom. The van der Waals surface area contributed by atoms with Crippen molar-refractivity contribution in [3.05, 3.63) is 6.42 Å². The molecule has 13 heteroatoms. The summed E-state index contributed by atoms with van der Waals surface area (Å²) >= 11 is 0.